The van der Waals surface area contributed by atoms with E-state index in [1.807, 2.05) is 0 Å². The van der Waals surface area contributed by atoms with E-state index in [2.05, 4.69) is 34.6 Å². The maximum atomic E-state index is 5.96. The van der Waals surface area contributed by atoms with E-state index in [9.17, 15) is 0 Å². The van der Waals surface area contributed by atoms with Crippen LogP contribution in [0.4, 0.5) is 0 Å². The van der Waals surface area contributed by atoms with Gasteiger partial charge in [0.2, 0.25) is 0 Å². The molecule has 1 heterocycles. The molecule has 120 valence electrons. The highest BCUT2D eigenvalue weighted by Gasteiger charge is 2.21. The second-order valence-corrected chi connectivity index (χ2v) is 6.06. The Labute approximate surface area is 131 Å². The molecule has 0 amide bonds. The molecule has 5 nitrogen and oxygen atoms in total. The van der Waals surface area contributed by atoms with E-state index in [-0.39, 0.29) is 0 Å². The minimum Gasteiger partial charge on any atom is -0.381 e. The van der Waals surface area contributed by atoms with E-state index < -0.39 is 0 Å². The molecule has 1 aromatic carbocycles. The van der Waals surface area contributed by atoms with Crippen molar-refractivity contribution in [2.24, 2.45) is 10.7 Å². The highest BCUT2D eigenvalue weighted by Crippen LogP contribution is 2.18. The van der Waals surface area contributed by atoms with Crippen molar-refractivity contribution in [2.45, 2.75) is 51.0 Å². The third kappa shape index (κ3) is 5.00. The van der Waals surface area contributed by atoms with Gasteiger partial charge in [-0.25, -0.2) is 4.99 Å². The standard InChI is InChI=1S/C17H25N3O2/c18-17(20-15-4-5-15)19-11-13-2-1-3-14(10-13)12-22-16-6-8-21-9-7-16/h1-3,10,15-16H,4-9,11-12H2,(H3,18,19,20). The van der Waals surface area contributed by atoms with Gasteiger partial charge in [0.25, 0.3) is 0 Å². The Bertz CT molecular complexity index is 508. The minimum atomic E-state index is 0.328. The molecule has 1 aromatic rings. The zero-order chi connectivity index (χ0) is 15.2. The van der Waals surface area contributed by atoms with Crippen LogP contribution in [0.2, 0.25) is 0 Å². The SMILES string of the molecule is NC(=NCc1cccc(COC2CCOCC2)c1)NC1CC1. The number of rotatable bonds is 6. The van der Waals surface area contributed by atoms with Gasteiger partial charge in [-0.2, -0.15) is 0 Å². The summed E-state index contributed by atoms with van der Waals surface area (Å²) in [5.41, 5.74) is 8.21. The van der Waals surface area contributed by atoms with Gasteiger partial charge in [-0.05, 0) is 36.8 Å². The topological polar surface area (TPSA) is 68.9 Å². The molecular weight excluding hydrogens is 278 g/mol. The van der Waals surface area contributed by atoms with Crippen LogP contribution in [0.1, 0.15) is 36.8 Å². The molecule has 22 heavy (non-hydrogen) atoms. The number of ether oxygens (including phenoxy) is 2. The monoisotopic (exact) mass is 303 g/mol. The molecule has 2 fully saturated rings. The van der Waals surface area contributed by atoms with Crippen molar-refractivity contribution in [1.29, 1.82) is 0 Å². The Hall–Kier alpha value is -1.59. The predicted molar refractivity (Wildman–Crippen MR) is 86.6 cm³/mol. The fourth-order valence-corrected chi connectivity index (χ4v) is 2.53. The van der Waals surface area contributed by atoms with Crippen molar-refractivity contribution in [1.82, 2.24) is 5.32 Å². The summed E-state index contributed by atoms with van der Waals surface area (Å²) in [4.78, 5) is 4.39. The molecule has 1 aliphatic heterocycles. The molecular formula is C17H25N3O2. The van der Waals surface area contributed by atoms with Gasteiger partial charge in [0, 0.05) is 19.3 Å². The number of nitrogens with one attached hydrogen (secondary N) is 1. The molecule has 1 saturated carbocycles. The van der Waals surface area contributed by atoms with Gasteiger partial charge in [0.1, 0.15) is 0 Å². The number of nitrogens with zero attached hydrogens (tertiary/aromatic N) is 1. The summed E-state index contributed by atoms with van der Waals surface area (Å²) in [7, 11) is 0. The summed E-state index contributed by atoms with van der Waals surface area (Å²) in [5.74, 6) is 0.548. The smallest absolute Gasteiger partial charge is 0.189 e. The fraction of sp³-hybridized carbons (Fsp3) is 0.588. The highest BCUT2D eigenvalue weighted by molar-refractivity contribution is 5.78. The van der Waals surface area contributed by atoms with Crippen LogP contribution in [0.25, 0.3) is 0 Å². The molecule has 0 atom stereocenters. The second-order valence-electron chi connectivity index (χ2n) is 6.06. The summed E-state index contributed by atoms with van der Waals surface area (Å²) in [6, 6.07) is 8.91. The molecule has 3 N–H and O–H groups in total. The Morgan fingerprint density at radius 2 is 2.00 bits per heavy atom. The summed E-state index contributed by atoms with van der Waals surface area (Å²) >= 11 is 0. The van der Waals surface area contributed by atoms with Gasteiger partial charge >= 0.3 is 0 Å². The van der Waals surface area contributed by atoms with E-state index in [4.69, 9.17) is 15.2 Å². The minimum absolute atomic E-state index is 0.328. The molecule has 0 radical (unpaired) electrons. The first-order chi connectivity index (χ1) is 10.8. The van der Waals surface area contributed by atoms with E-state index in [0.717, 1.165) is 31.6 Å². The second kappa shape index (κ2) is 7.61. The summed E-state index contributed by atoms with van der Waals surface area (Å²) in [6.45, 7) is 2.88. The average Bonchev–Trinajstić information content (AvgIpc) is 3.36. The quantitative estimate of drug-likeness (QED) is 0.622. The van der Waals surface area contributed by atoms with E-state index in [0.29, 0.717) is 31.3 Å². The normalized spacial score (nSPS) is 20.1. The lowest BCUT2D eigenvalue weighted by Crippen LogP contribution is -2.33. The summed E-state index contributed by atoms with van der Waals surface area (Å²) < 4.78 is 11.3. The van der Waals surface area contributed by atoms with Crippen LogP contribution in [0.15, 0.2) is 29.3 Å². The van der Waals surface area contributed by atoms with Crippen molar-refractivity contribution in [3.63, 3.8) is 0 Å². The van der Waals surface area contributed by atoms with Crippen LogP contribution < -0.4 is 11.1 Å². The Morgan fingerprint density at radius 3 is 2.77 bits per heavy atom. The Balaban J connectivity index is 1.48. The zero-order valence-electron chi connectivity index (χ0n) is 13.0. The fourth-order valence-electron chi connectivity index (χ4n) is 2.53. The highest BCUT2D eigenvalue weighted by atomic mass is 16.5. The zero-order valence-corrected chi connectivity index (χ0v) is 13.0. The summed E-state index contributed by atoms with van der Waals surface area (Å²) in [5, 5.41) is 3.20. The first kappa shape index (κ1) is 15.3. The van der Waals surface area contributed by atoms with Gasteiger partial charge in [-0.1, -0.05) is 24.3 Å². The maximum Gasteiger partial charge on any atom is 0.189 e. The largest absolute Gasteiger partial charge is 0.381 e. The van der Waals surface area contributed by atoms with Crippen LogP contribution in [0.5, 0.6) is 0 Å². The predicted octanol–water partition coefficient (Wildman–Crippen LogP) is 1.95. The number of nitrogens with two attached hydrogens (primary N) is 1. The van der Waals surface area contributed by atoms with Crippen LogP contribution in [-0.2, 0) is 22.6 Å². The van der Waals surface area contributed by atoms with Crippen LogP contribution >= 0.6 is 0 Å². The van der Waals surface area contributed by atoms with Crippen LogP contribution in [0.3, 0.4) is 0 Å². The van der Waals surface area contributed by atoms with Crippen molar-refractivity contribution < 1.29 is 9.47 Å². The molecule has 1 aliphatic carbocycles. The first-order valence-electron chi connectivity index (χ1n) is 8.13. The maximum absolute atomic E-state index is 5.96. The van der Waals surface area contributed by atoms with Crippen molar-refractivity contribution in [3.05, 3.63) is 35.4 Å². The van der Waals surface area contributed by atoms with Crippen molar-refractivity contribution >= 4 is 5.96 Å². The first-order valence-corrected chi connectivity index (χ1v) is 8.13. The molecule has 0 spiro atoms. The van der Waals surface area contributed by atoms with Gasteiger partial charge in [0.15, 0.2) is 5.96 Å². The number of hydrogen-bond donors (Lipinski definition) is 2. The molecule has 0 bridgehead atoms. The van der Waals surface area contributed by atoms with Crippen molar-refractivity contribution in [3.8, 4) is 0 Å². The number of aliphatic imine (C=N–C) groups is 1. The third-order valence-corrected chi connectivity index (χ3v) is 4.01. The van der Waals surface area contributed by atoms with E-state index in [1.54, 1.807) is 0 Å². The molecule has 1 saturated heterocycles. The Morgan fingerprint density at radius 1 is 1.23 bits per heavy atom. The molecule has 0 aromatic heterocycles. The third-order valence-electron chi connectivity index (χ3n) is 4.01. The molecule has 2 aliphatic rings. The molecule has 5 heteroatoms. The average molecular weight is 303 g/mol. The number of hydrogen-bond acceptors (Lipinski definition) is 3. The van der Waals surface area contributed by atoms with Gasteiger partial charge in [0.05, 0.1) is 19.3 Å². The van der Waals surface area contributed by atoms with Gasteiger partial charge in [-0.3, -0.25) is 0 Å². The molecule has 3 rings (SSSR count). The van der Waals surface area contributed by atoms with E-state index >= 15 is 0 Å². The number of benzene rings is 1. The van der Waals surface area contributed by atoms with Crippen molar-refractivity contribution in [2.75, 3.05) is 13.2 Å². The summed E-state index contributed by atoms with van der Waals surface area (Å²) in [6.07, 6.45) is 4.72. The lowest BCUT2D eigenvalue weighted by molar-refractivity contribution is -0.0390. The lowest BCUT2D eigenvalue weighted by Gasteiger charge is -2.22. The van der Waals surface area contributed by atoms with Crippen LogP contribution in [-0.4, -0.2) is 31.3 Å². The number of guanidine groups is 1. The molecule has 0 unspecified atom stereocenters. The van der Waals surface area contributed by atoms with Gasteiger partial charge in [-0.15, -0.1) is 0 Å². The lowest BCUT2D eigenvalue weighted by atomic mass is 10.1. The van der Waals surface area contributed by atoms with Gasteiger partial charge < -0.3 is 20.5 Å². The van der Waals surface area contributed by atoms with E-state index in [1.165, 1.54) is 18.4 Å². The van der Waals surface area contributed by atoms with Crippen LogP contribution in [0, 0.1) is 0 Å². The Kier molecular flexibility index (Phi) is 5.29.